The summed E-state index contributed by atoms with van der Waals surface area (Å²) < 4.78 is 26.7. The van der Waals surface area contributed by atoms with Crippen LogP contribution < -0.4 is 4.72 Å². The van der Waals surface area contributed by atoms with Crippen LogP contribution in [0.4, 0.5) is 0 Å². The molecule has 108 valence electrons. The Bertz CT molecular complexity index is 678. The predicted molar refractivity (Wildman–Crippen MR) is 76.5 cm³/mol. The molecule has 0 unspecified atom stereocenters. The van der Waals surface area contributed by atoms with Crippen molar-refractivity contribution in [1.29, 1.82) is 0 Å². The third kappa shape index (κ3) is 3.49. The largest absolute Gasteiger partial charge is 0.263 e. The summed E-state index contributed by atoms with van der Waals surface area (Å²) in [7, 11) is -3.66. The van der Waals surface area contributed by atoms with E-state index < -0.39 is 10.0 Å². The number of H-pyrrole nitrogens is 1. The average molecular weight is 335 g/mol. The van der Waals surface area contributed by atoms with Gasteiger partial charge in [-0.1, -0.05) is 23.2 Å². The molecular formula is C11H12Cl2N4O2S. The van der Waals surface area contributed by atoms with Crippen LogP contribution in [0, 0.1) is 6.92 Å². The standard InChI is InChI=1S/C11H12Cl2N4O2S/c1-7-9(12)4-8(5-10(7)13)20(18,19)16-3-2-11-14-6-15-17-11/h4-6,16H,2-3H2,1H3,(H,14,15,17). The fourth-order valence-corrected chi connectivity index (χ4v) is 3.22. The van der Waals surface area contributed by atoms with Crippen LogP contribution in [0.15, 0.2) is 23.4 Å². The zero-order chi connectivity index (χ0) is 14.8. The molecule has 0 aliphatic heterocycles. The van der Waals surface area contributed by atoms with E-state index in [9.17, 15) is 8.42 Å². The molecule has 1 aromatic carbocycles. The molecule has 2 rings (SSSR count). The van der Waals surface area contributed by atoms with Crippen LogP contribution in [-0.2, 0) is 16.4 Å². The van der Waals surface area contributed by atoms with E-state index in [1.807, 2.05) is 0 Å². The molecule has 2 N–H and O–H groups in total. The molecule has 9 heteroatoms. The molecule has 20 heavy (non-hydrogen) atoms. The van der Waals surface area contributed by atoms with Gasteiger partial charge in [0.05, 0.1) is 4.90 Å². The minimum atomic E-state index is -3.66. The number of hydrogen-bond acceptors (Lipinski definition) is 4. The summed E-state index contributed by atoms with van der Waals surface area (Å²) in [5.41, 5.74) is 0.647. The van der Waals surface area contributed by atoms with Crippen molar-refractivity contribution in [1.82, 2.24) is 19.9 Å². The lowest BCUT2D eigenvalue weighted by Crippen LogP contribution is -2.26. The highest BCUT2D eigenvalue weighted by Crippen LogP contribution is 2.27. The number of nitrogens with zero attached hydrogens (tertiary/aromatic N) is 2. The van der Waals surface area contributed by atoms with Gasteiger partial charge in [0.25, 0.3) is 0 Å². The minimum Gasteiger partial charge on any atom is -0.263 e. The normalized spacial score (nSPS) is 11.8. The van der Waals surface area contributed by atoms with E-state index in [-0.39, 0.29) is 11.4 Å². The van der Waals surface area contributed by atoms with Crippen molar-refractivity contribution in [2.24, 2.45) is 0 Å². The molecule has 0 atom stereocenters. The molecule has 1 aromatic heterocycles. The Balaban J connectivity index is 2.10. The molecule has 0 saturated carbocycles. The molecule has 0 fully saturated rings. The number of aromatic nitrogens is 3. The van der Waals surface area contributed by atoms with Crippen LogP contribution in [-0.4, -0.2) is 30.1 Å². The lowest BCUT2D eigenvalue weighted by Gasteiger charge is -2.08. The van der Waals surface area contributed by atoms with Crippen molar-refractivity contribution in [2.45, 2.75) is 18.2 Å². The molecule has 0 saturated heterocycles. The highest BCUT2D eigenvalue weighted by molar-refractivity contribution is 7.89. The van der Waals surface area contributed by atoms with Crippen LogP contribution in [0.1, 0.15) is 11.4 Å². The molecule has 6 nitrogen and oxygen atoms in total. The first-order chi connectivity index (χ1) is 9.40. The van der Waals surface area contributed by atoms with E-state index in [1.165, 1.54) is 18.5 Å². The van der Waals surface area contributed by atoms with Gasteiger partial charge in [-0.25, -0.2) is 18.1 Å². The van der Waals surface area contributed by atoms with Crippen LogP contribution in [0.25, 0.3) is 0 Å². The first-order valence-corrected chi connectivity index (χ1v) is 7.93. The summed E-state index contributed by atoms with van der Waals surface area (Å²) in [6.45, 7) is 1.92. The van der Waals surface area contributed by atoms with Gasteiger partial charge in [0.15, 0.2) is 0 Å². The fraction of sp³-hybridized carbons (Fsp3) is 0.273. The van der Waals surface area contributed by atoms with E-state index in [4.69, 9.17) is 23.2 Å². The van der Waals surface area contributed by atoms with E-state index in [2.05, 4.69) is 19.9 Å². The summed E-state index contributed by atoms with van der Waals surface area (Å²) in [6.07, 6.45) is 1.77. The molecule has 0 bridgehead atoms. The van der Waals surface area contributed by atoms with Crippen molar-refractivity contribution in [3.05, 3.63) is 39.9 Å². The van der Waals surface area contributed by atoms with Gasteiger partial charge in [-0.2, -0.15) is 5.10 Å². The first-order valence-electron chi connectivity index (χ1n) is 5.69. The van der Waals surface area contributed by atoms with E-state index in [0.717, 1.165) is 0 Å². The molecule has 0 aliphatic carbocycles. The number of rotatable bonds is 5. The van der Waals surface area contributed by atoms with Crippen molar-refractivity contribution in [3.8, 4) is 0 Å². The Morgan fingerprint density at radius 3 is 2.50 bits per heavy atom. The number of hydrogen-bond donors (Lipinski definition) is 2. The van der Waals surface area contributed by atoms with Gasteiger partial charge in [-0.15, -0.1) is 0 Å². The van der Waals surface area contributed by atoms with E-state index in [1.54, 1.807) is 6.92 Å². The monoisotopic (exact) mass is 334 g/mol. The van der Waals surface area contributed by atoms with Gasteiger partial charge < -0.3 is 0 Å². The number of sulfonamides is 1. The van der Waals surface area contributed by atoms with Gasteiger partial charge in [0, 0.05) is 23.0 Å². The lowest BCUT2D eigenvalue weighted by molar-refractivity contribution is 0.581. The fourth-order valence-electron chi connectivity index (χ4n) is 1.52. The van der Waals surface area contributed by atoms with Gasteiger partial charge >= 0.3 is 0 Å². The number of aromatic amines is 1. The van der Waals surface area contributed by atoms with Crippen molar-refractivity contribution < 1.29 is 8.42 Å². The number of nitrogens with one attached hydrogen (secondary N) is 2. The zero-order valence-corrected chi connectivity index (χ0v) is 12.8. The molecule has 0 radical (unpaired) electrons. The Labute approximate surface area is 126 Å². The van der Waals surface area contributed by atoms with Crippen molar-refractivity contribution in [2.75, 3.05) is 6.54 Å². The van der Waals surface area contributed by atoms with Gasteiger partial charge in [-0.3, -0.25) is 5.10 Å². The van der Waals surface area contributed by atoms with Crippen LogP contribution >= 0.6 is 23.2 Å². The lowest BCUT2D eigenvalue weighted by atomic mass is 10.2. The van der Waals surface area contributed by atoms with Gasteiger partial charge in [0.1, 0.15) is 12.2 Å². The van der Waals surface area contributed by atoms with E-state index in [0.29, 0.717) is 27.9 Å². The topological polar surface area (TPSA) is 87.7 Å². The SMILES string of the molecule is Cc1c(Cl)cc(S(=O)(=O)NCCc2ncn[nH]2)cc1Cl. The Morgan fingerprint density at radius 2 is 1.95 bits per heavy atom. The second kappa shape index (κ2) is 6.09. The number of benzene rings is 1. The maximum absolute atomic E-state index is 12.1. The van der Waals surface area contributed by atoms with Crippen molar-refractivity contribution >= 4 is 33.2 Å². The average Bonchev–Trinajstić information content (AvgIpc) is 2.88. The highest BCUT2D eigenvalue weighted by atomic mass is 35.5. The first kappa shape index (κ1) is 15.2. The summed E-state index contributed by atoms with van der Waals surface area (Å²) in [6, 6.07) is 2.75. The predicted octanol–water partition coefficient (Wildman–Crippen LogP) is 1.94. The Morgan fingerprint density at radius 1 is 1.30 bits per heavy atom. The second-order valence-electron chi connectivity index (χ2n) is 4.09. The maximum Gasteiger partial charge on any atom is 0.240 e. The third-order valence-corrected chi connectivity index (χ3v) is 4.91. The highest BCUT2D eigenvalue weighted by Gasteiger charge is 2.16. The molecular weight excluding hydrogens is 323 g/mol. The van der Waals surface area contributed by atoms with Crippen LogP contribution in [0.3, 0.4) is 0 Å². The maximum atomic E-state index is 12.1. The number of halogens is 2. The minimum absolute atomic E-state index is 0.0377. The van der Waals surface area contributed by atoms with Crippen LogP contribution in [0.2, 0.25) is 10.0 Å². The van der Waals surface area contributed by atoms with Crippen molar-refractivity contribution in [3.63, 3.8) is 0 Å². The second-order valence-corrected chi connectivity index (χ2v) is 6.67. The summed E-state index contributed by atoms with van der Waals surface area (Å²) in [5.74, 6) is 0.604. The zero-order valence-electron chi connectivity index (χ0n) is 10.5. The quantitative estimate of drug-likeness (QED) is 0.874. The Hall–Kier alpha value is -1.15. The molecule has 0 spiro atoms. The van der Waals surface area contributed by atoms with Gasteiger partial charge in [-0.05, 0) is 24.6 Å². The summed E-state index contributed by atoms with van der Waals surface area (Å²) in [4.78, 5) is 3.94. The van der Waals surface area contributed by atoms with Gasteiger partial charge in [0.2, 0.25) is 10.0 Å². The molecule has 0 amide bonds. The molecule has 2 aromatic rings. The van der Waals surface area contributed by atoms with E-state index >= 15 is 0 Å². The smallest absolute Gasteiger partial charge is 0.240 e. The summed E-state index contributed by atoms with van der Waals surface area (Å²) >= 11 is 11.9. The third-order valence-electron chi connectivity index (χ3n) is 2.68. The van der Waals surface area contributed by atoms with Crippen LogP contribution in [0.5, 0.6) is 0 Å². The molecule has 0 aliphatic rings. The summed E-state index contributed by atoms with van der Waals surface area (Å²) in [5, 5.41) is 6.96. The Kier molecular flexibility index (Phi) is 4.64. The molecule has 1 heterocycles.